The molecule has 1 aromatic carbocycles. The molecule has 8 nitrogen and oxygen atoms in total. The summed E-state index contributed by atoms with van der Waals surface area (Å²) < 4.78 is 1.71. The largest absolute Gasteiger partial charge is 1.00 e. The number of aromatic nitrogens is 4. The van der Waals surface area contributed by atoms with Crippen molar-refractivity contribution in [2.75, 3.05) is 31.5 Å². The van der Waals surface area contributed by atoms with E-state index < -0.39 is 5.97 Å². The molecule has 2 aliphatic heterocycles. The van der Waals surface area contributed by atoms with E-state index >= 15 is 0 Å². The Morgan fingerprint density at radius 2 is 2.20 bits per heavy atom. The average molecular weight is 485 g/mol. The Morgan fingerprint density at radius 1 is 1.29 bits per heavy atom. The zero-order chi connectivity index (χ0) is 23.3. The molecule has 0 aliphatic carbocycles. The van der Waals surface area contributed by atoms with Crippen LogP contribution in [0.4, 0.5) is 5.82 Å². The molecular weight excluding hydrogens is 451 g/mol. The van der Waals surface area contributed by atoms with Crippen LogP contribution in [-0.2, 0) is 17.6 Å². The van der Waals surface area contributed by atoms with Gasteiger partial charge in [0.1, 0.15) is 18.5 Å². The first-order valence-corrected chi connectivity index (χ1v) is 12.3. The first-order chi connectivity index (χ1) is 16.6. The van der Waals surface area contributed by atoms with Crippen LogP contribution in [0.2, 0.25) is 0 Å². The smallest absolute Gasteiger partial charge is 1.00 e. The third kappa shape index (κ3) is 6.70. The van der Waals surface area contributed by atoms with Crippen molar-refractivity contribution in [3.8, 4) is 5.69 Å². The summed E-state index contributed by atoms with van der Waals surface area (Å²) in [5, 5.41) is 17.2. The molecule has 2 aromatic heterocycles. The molecule has 2 N–H and O–H groups in total. The van der Waals surface area contributed by atoms with E-state index in [1.807, 2.05) is 24.3 Å². The number of pyridine rings is 1. The van der Waals surface area contributed by atoms with Crippen LogP contribution in [0.5, 0.6) is 0 Å². The van der Waals surface area contributed by atoms with Crippen molar-refractivity contribution in [2.45, 2.75) is 44.4 Å². The monoisotopic (exact) mass is 484 g/mol. The number of nitrogens with zero attached hydrogens (tertiary/aromatic N) is 5. The normalized spacial score (nSPS) is 18.3. The molecule has 4 heterocycles. The summed E-state index contributed by atoms with van der Waals surface area (Å²) in [5.41, 5.74) is 4.43. The fourth-order valence-electron chi connectivity index (χ4n) is 5.25. The minimum absolute atomic E-state index is 0. The SMILES string of the molecule is O=C(O)CC(CN1CCC(CCc2ccc3c(n2)NCCC3)C1)c1cccc(-n2cncn2)c1.[H-].[Na+]. The van der Waals surface area contributed by atoms with Gasteiger partial charge in [-0.25, -0.2) is 14.6 Å². The topological polar surface area (TPSA) is 96.2 Å². The third-order valence-corrected chi connectivity index (χ3v) is 7.06. The van der Waals surface area contributed by atoms with E-state index in [0.29, 0.717) is 5.92 Å². The predicted molar refractivity (Wildman–Crippen MR) is 131 cm³/mol. The Balaban J connectivity index is 0.00000180. The van der Waals surface area contributed by atoms with E-state index in [0.717, 1.165) is 68.9 Å². The Labute approximate surface area is 229 Å². The van der Waals surface area contributed by atoms with Gasteiger partial charge in [-0.05, 0) is 73.9 Å². The molecule has 2 aliphatic rings. The van der Waals surface area contributed by atoms with Crippen LogP contribution in [0.3, 0.4) is 0 Å². The van der Waals surface area contributed by atoms with Gasteiger partial charge in [-0.3, -0.25) is 4.79 Å². The molecule has 0 amide bonds. The summed E-state index contributed by atoms with van der Waals surface area (Å²) in [6.45, 7) is 3.80. The Morgan fingerprint density at radius 3 is 3.03 bits per heavy atom. The number of rotatable bonds is 9. The third-order valence-electron chi connectivity index (χ3n) is 7.06. The number of hydrogen-bond acceptors (Lipinski definition) is 6. The van der Waals surface area contributed by atoms with Gasteiger partial charge in [0.15, 0.2) is 0 Å². The average Bonchev–Trinajstić information content (AvgIpc) is 3.55. The van der Waals surface area contributed by atoms with Gasteiger partial charge < -0.3 is 16.7 Å². The molecule has 0 bridgehead atoms. The minimum Gasteiger partial charge on any atom is -1.00 e. The molecule has 180 valence electrons. The fraction of sp³-hybridized carbons (Fsp3) is 0.462. The fourth-order valence-corrected chi connectivity index (χ4v) is 5.25. The number of carbonyl (C=O) groups is 1. The van der Waals surface area contributed by atoms with E-state index in [1.165, 1.54) is 24.0 Å². The molecule has 2 unspecified atom stereocenters. The molecule has 0 radical (unpaired) electrons. The van der Waals surface area contributed by atoms with Gasteiger partial charge in [-0.15, -0.1) is 0 Å². The van der Waals surface area contributed by atoms with Crippen molar-refractivity contribution < 1.29 is 40.9 Å². The molecule has 9 heteroatoms. The summed E-state index contributed by atoms with van der Waals surface area (Å²) in [6.07, 6.45) is 8.84. The van der Waals surface area contributed by atoms with Crippen LogP contribution >= 0.6 is 0 Å². The van der Waals surface area contributed by atoms with Crippen LogP contribution in [0.15, 0.2) is 49.1 Å². The maximum absolute atomic E-state index is 11.6. The summed E-state index contributed by atoms with van der Waals surface area (Å²) >= 11 is 0. The van der Waals surface area contributed by atoms with Gasteiger partial charge in [0.05, 0.1) is 12.1 Å². The number of aliphatic carboxylic acids is 1. The van der Waals surface area contributed by atoms with Crippen molar-refractivity contribution in [3.63, 3.8) is 0 Å². The first-order valence-electron chi connectivity index (χ1n) is 12.3. The summed E-state index contributed by atoms with van der Waals surface area (Å²) in [7, 11) is 0. The second kappa shape index (κ2) is 12.1. The molecular formula is C26H33N6NaO2. The molecule has 3 aromatic rings. The number of nitrogens with one attached hydrogen (secondary N) is 1. The molecule has 0 spiro atoms. The van der Waals surface area contributed by atoms with Crippen molar-refractivity contribution in [2.24, 2.45) is 5.92 Å². The summed E-state index contributed by atoms with van der Waals surface area (Å²) in [6, 6.07) is 12.4. The summed E-state index contributed by atoms with van der Waals surface area (Å²) in [5.74, 6) is 0.867. The van der Waals surface area contributed by atoms with E-state index in [-0.39, 0.29) is 43.3 Å². The van der Waals surface area contributed by atoms with Crippen molar-refractivity contribution in [1.82, 2.24) is 24.6 Å². The quantitative estimate of drug-likeness (QED) is 0.431. The van der Waals surface area contributed by atoms with Gasteiger partial charge >= 0.3 is 35.5 Å². The Hall–Kier alpha value is -2.26. The number of aryl methyl sites for hydroxylation is 2. The Bertz CT molecular complexity index is 1130. The standard InChI is InChI=1S/C26H32N6O2.Na.H/c33-25(34)14-22(21-3-1-5-24(13-21)32-18-27-17-29-32)16-31-12-10-19(15-31)6-8-23-9-7-20-4-2-11-28-26(20)30-23;;/h1,3,5,7,9,13,17-19,22H,2,4,6,8,10-12,14-16H2,(H,28,30)(H,33,34);;/q;+1;-1. The van der Waals surface area contributed by atoms with E-state index in [2.05, 4.69) is 32.4 Å². The second-order valence-electron chi connectivity index (χ2n) is 9.52. The molecule has 1 saturated heterocycles. The van der Waals surface area contributed by atoms with Crippen molar-refractivity contribution in [1.29, 1.82) is 0 Å². The number of fused-ring (bicyclic) bond motifs is 1. The van der Waals surface area contributed by atoms with Crippen LogP contribution in [-0.4, -0.2) is 61.9 Å². The maximum atomic E-state index is 11.6. The number of likely N-dealkylation sites (tertiary alicyclic amines) is 1. The van der Waals surface area contributed by atoms with Gasteiger partial charge in [-0.1, -0.05) is 18.2 Å². The minimum atomic E-state index is -0.765. The molecule has 1 fully saturated rings. The molecule has 0 saturated carbocycles. The van der Waals surface area contributed by atoms with Gasteiger partial charge in [0.2, 0.25) is 0 Å². The zero-order valence-corrected chi connectivity index (χ0v) is 22.4. The van der Waals surface area contributed by atoms with Crippen molar-refractivity contribution >= 4 is 11.8 Å². The second-order valence-corrected chi connectivity index (χ2v) is 9.52. The van der Waals surface area contributed by atoms with Gasteiger partial charge in [-0.2, -0.15) is 5.10 Å². The number of hydrogen-bond donors (Lipinski definition) is 2. The molecule has 5 rings (SSSR count). The number of anilines is 1. The van der Waals surface area contributed by atoms with E-state index in [1.54, 1.807) is 11.0 Å². The van der Waals surface area contributed by atoms with E-state index in [4.69, 9.17) is 4.98 Å². The van der Waals surface area contributed by atoms with Crippen LogP contribution in [0.25, 0.3) is 5.69 Å². The summed E-state index contributed by atoms with van der Waals surface area (Å²) in [4.78, 5) is 22.9. The van der Waals surface area contributed by atoms with Gasteiger partial charge in [0, 0.05) is 31.2 Å². The van der Waals surface area contributed by atoms with E-state index in [9.17, 15) is 9.90 Å². The maximum Gasteiger partial charge on any atom is 1.00 e. The Kier molecular flexibility index (Phi) is 8.94. The van der Waals surface area contributed by atoms with Gasteiger partial charge in [0.25, 0.3) is 0 Å². The van der Waals surface area contributed by atoms with Crippen LogP contribution in [0, 0.1) is 5.92 Å². The van der Waals surface area contributed by atoms with Crippen LogP contribution in [0.1, 0.15) is 49.8 Å². The number of benzene rings is 1. The number of carboxylic acid groups (broad SMARTS) is 1. The molecule has 2 atom stereocenters. The van der Waals surface area contributed by atoms with Crippen LogP contribution < -0.4 is 34.9 Å². The predicted octanol–water partition coefficient (Wildman–Crippen LogP) is 0.650. The zero-order valence-electron chi connectivity index (χ0n) is 21.4. The first kappa shape index (κ1) is 25.8. The number of carboxylic acids is 1. The molecule has 35 heavy (non-hydrogen) atoms. The van der Waals surface area contributed by atoms with Crippen molar-refractivity contribution in [3.05, 3.63) is 65.9 Å².